The Hall–Kier alpha value is -2.39. The van der Waals surface area contributed by atoms with E-state index >= 15 is 0 Å². The number of benzene rings is 1. The third kappa shape index (κ3) is 5.30. The summed E-state index contributed by atoms with van der Waals surface area (Å²) in [5.74, 6) is 1.06. The summed E-state index contributed by atoms with van der Waals surface area (Å²) in [6, 6.07) is 5.94. The topological polar surface area (TPSA) is 98.3 Å². The summed E-state index contributed by atoms with van der Waals surface area (Å²) in [7, 11) is 3.10. The lowest BCUT2D eigenvalue weighted by atomic mass is 10.1. The Morgan fingerprint density at radius 2 is 1.96 bits per heavy atom. The number of aryl methyl sites for hydroxylation is 1. The number of carbonyl (C=O) groups is 1. The van der Waals surface area contributed by atoms with Crippen LogP contribution in [0.2, 0.25) is 0 Å². The van der Waals surface area contributed by atoms with E-state index in [9.17, 15) is 4.79 Å². The summed E-state index contributed by atoms with van der Waals surface area (Å²) in [6.45, 7) is 3.92. The summed E-state index contributed by atoms with van der Waals surface area (Å²) in [4.78, 5) is 24.5. The summed E-state index contributed by atoms with van der Waals surface area (Å²) < 4.78 is 10.2. The van der Waals surface area contributed by atoms with E-state index in [2.05, 4.69) is 25.6 Å². The van der Waals surface area contributed by atoms with Crippen LogP contribution in [0.25, 0.3) is 0 Å². The molecule has 1 amide bonds. The normalized spacial score (nSPS) is 11.7. The second-order valence-electron chi connectivity index (χ2n) is 5.55. The van der Waals surface area contributed by atoms with Crippen molar-refractivity contribution in [2.45, 2.75) is 25.0 Å². The van der Waals surface area contributed by atoms with Gasteiger partial charge in [0.05, 0.1) is 13.2 Å². The van der Waals surface area contributed by atoms with Gasteiger partial charge in [0, 0.05) is 7.11 Å². The molecule has 0 bridgehead atoms. The van der Waals surface area contributed by atoms with Gasteiger partial charge >= 0.3 is 0 Å². The average molecular weight is 377 g/mol. The van der Waals surface area contributed by atoms with E-state index in [4.69, 9.17) is 9.47 Å². The first-order valence-corrected chi connectivity index (χ1v) is 9.19. The first kappa shape index (κ1) is 19.9. The SMILES string of the molecule is COCC(=O)Nc1nc(NC(C)c2ccc(C)c(OC)c2)nc(SC)n1. The van der Waals surface area contributed by atoms with E-state index in [1.807, 2.05) is 38.3 Å². The monoisotopic (exact) mass is 377 g/mol. The highest BCUT2D eigenvalue weighted by Gasteiger charge is 2.13. The zero-order chi connectivity index (χ0) is 19.1. The molecule has 2 N–H and O–H groups in total. The van der Waals surface area contributed by atoms with Crippen molar-refractivity contribution in [1.29, 1.82) is 0 Å². The Bertz CT molecular complexity index is 772. The van der Waals surface area contributed by atoms with Crippen LogP contribution >= 0.6 is 11.8 Å². The molecule has 0 radical (unpaired) electrons. The largest absolute Gasteiger partial charge is 0.496 e. The highest BCUT2D eigenvalue weighted by molar-refractivity contribution is 7.98. The first-order valence-electron chi connectivity index (χ1n) is 7.96. The van der Waals surface area contributed by atoms with Crippen LogP contribution in [0.3, 0.4) is 0 Å². The quantitative estimate of drug-likeness (QED) is 0.678. The molecule has 0 fully saturated rings. The lowest BCUT2D eigenvalue weighted by molar-refractivity contribution is -0.119. The van der Waals surface area contributed by atoms with E-state index in [1.165, 1.54) is 18.9 Å². The smallest absolute Gasteiger partial charge is 0.252 e. The Labute approximate surface area is 157 Å². The molecular formula is C17H23N5O3S. The second-order valence-corrected chi connectivity index (χ2v) is 6.32. The van der Waals surface area contributed by atoms with E-state index in [-0.39, 0.29) is 24.5 Å². The van der Waals surface area contributed by atoms with Crippen molar-refractivity contribution in [3.8, 4) is 5.75 Å². The Morgan fingerprint density at radius 3 is 2.62 bits per heavy atom. The molecular weight excluding hydrogens is 354 g/mol. The molecule has 0 aliphatic carbocycles. The lowest BCUT2D eigenvalue weighted by Gasteiger charge is -2.17. The Morgan fingerprint density at radius 1 is 1.23 bits per heavy atom. The van der Waals surface area contributed by atoms with Gasteiger partial charge in [0.15, 0.2) is 5.16 Å². The predicted octanol–water partition coefficient (Wildman–Crippen LogP) is 2.67. The number of methoxy groups -OCH3 is 2. The molecule has 9 heteroatoms. The van der Waals surface area contributed by atoms with Gasteiger partial charge in [0.25, 0.3) is 5.91 Å². The molecule has 26 heavy (non-hydrogen) atoms. The summed E-state index contributed by atoms with van der Waals surface area (Å²) in [5.41, 5.74) is 2.10. The number of carbonyl (C=O) groups excluding carboxylic acids is 1. The average Bonchev–Trinajstić information content (AvgIpc) is 2.61. The predicted molar refractivity (Wildman–Crippen MR) is 102 cm³/mol. The van der Waals surface area contributed by atoms with E-state index in [1.54, 1.807) is 7.11 Å². The van der Waals surface area contributed by atoms with Crippen molar-refractivity contribution in [3.63, 3.8) is 0 Å². The Kier molecular flexibility index (Phi) is 7.16. The van der Waals surface area contributed by atoms with Crippen molar-refractivity contribution >= 4 is 29.6 Å². The van der Waals surface area contributed by atoms with Gasteiger partial charge in [0.2, 0.25) is 11.9 Å². The van der Waals surface area contributed by atoms with Crippen LogP contribution in [0.15, 0.2) is 23.4 Å². The molecule has 0 aliphatic heterocycles. The maximum atomic E-state index is 11.7. The van der Waals surface area contributed by atoms with Crippen LogP contribution in [0.1, 0.15) is 24.1 Å². The van der Waals surface area contributed by atoms with E-state index in [0.717, 1.165) is 16.9 Å². The van der Waals surface area contributed by atoms with Crippen LogP contribution in [0.5, 0.6) is 5.75 Å². The fraction of sp³-hybridized carbons (Fsp3) is 0.412. The number of hydrogen-bond acceptors (Lipinski definition) is 8. The molecule has 0 saturated heterocycles. The van der Waals surface area contributed by atoms with E-state index in [0.29, 0.717) is 11.1 Å². The highest BCUT2D eigenvalue weighted by atomic mass is 32.2. The minimum Gasteiger partial charge on any atom is -0.496 e. The van der Waals surface area contributed by atoms with Crippen molar-refractivity contribution in [3.05, 3.63) is 29.3 Å². The van der Waals surface area contributed by atoms with Crippen LogP contribution < -0.4 is 15.4 Å². The fourth-order valence-electron chi connectivity index (χ4n) is 2.24. The van der Waals surface area contributed by atoms with Gasteiger partial charge in [-0.15, -0.1) is 0 Å². The first-order chi connectivity index (χ1) is 12.5. The second kappa shape index (κ2) is 9.35. The highest BCUT2D eigenvalue weighted by Crippen LogP contribution is 2.25. The zero-order valence-corrected chi connectivity index (χ0v) is 16.3. The van der Waals surface area contributed by atoms with Crippen molar-refractivity contribution in [1.82, 2.24) is 15.0 Å². The third-order valence-corrected chi connectivity index (χ3v) is 4.15. The summed E-state index contributed by atoms with van der Waals surface area (Å²) in [6.07, 6.45) is 1.86. The van der Waals surface area contributed by atoms with Crippen LogP contribution in [-0.4, -0.2) is 47.9 Å². The molecule has 1 heterocycles. The van der Waals surface area contributed by atoms with Crippen LogP contribution in [0, 0.1) is 6.92 Å². The molecule has 1 unspecified atom stereocenters. The number of anilines is 2. The van der Waals surface area contributed by atoms with Gasteiger partial charge in [-0.1, -0.05) is 23.9 Å². The molecule has 0 spiro atoms. The Balaban J connectivity index is 2.20. The van der Waals surface area contributed by atoms with Gasteiger partial charge in [-0.25, -0.2) is 0 Å². The number of ether oxygens (including phenoxy) is 2. The van der Waals surface area contributed by atoms with E-state index < -0.39 is 0 Å². The number of thioether (sulfide) groups is 1. The number of nitrogens with zero attached hydrogens (tertiary/aromatic N) is 3. The number of amides is 1. The standard InChI is InChI=1S/C17H23N5O3S/c1-10-6-7-12(8-13(10)25-4)11(2)18-15-20-16(19-14(23)9-24-3)22-17(21-15)26-5/h6-8,11H,9H2,1-5H3,(H2,18,19,20,21,22,23). The molecule has 140 valence electrons. The molecule has 2 aromatic rings. The third-order valence-electron chi connectivity index (χ3n) is 3.60. The minimum absolute atomic E-state index is 0.0656. The zero-order valence-electron chi connectivity index (χ0n) is 15.5. The lowest BCUT2D eigenvalue weighted by Crippen LogP contribution is -2.20. The maximum Gasteiger partial charge on any atom is 0.252 e. The number of hydrogen-bond donors (Lipinski definition) is 2. The van der Waals surface area contributed by atoms with Gasteiger partial charge in [0.1, 0.15) is 12.4 Å². The number of aromatic nitrogens is 3. The molecule has 0 saturated carbocycles. The summed E-state index contributed by atoms with van der Waals surface area (Å²) in [5, 5.41) is 6.34. The molecule has 1 aromatic carbocycles. The molecule has 1 atom stereocenters. The van der Waals surface area contributed by atoms with Crippen molar-refractivity contribution < 1.29 is 14.3 Å². The van der Waals surface area contributed by atoms with Crippen LogP contribution in [0.4, 0.5) is 11.9 Å². The van der Waals surface area contributed by atoms with Gasteiger partial charge < -0.3 is 14.8 Å². The van der Waals surface area contributed by atoms with Gasteiger partial charge in [-0.3, -0.25) is 10.1 Å². The van der Waals surface area contributed by atoms with Crippen molar-refractivity contribution in [2.75, 3.05) is 37.7 Å². The van der Waals surface area contributed by atoms with Gasteiger partial charge in [-0.05, 0) is 37.3 Å². The summed E-state index contributed by atoms with van der Waals surface area (Å²) >= 11 is 1.36. The molecule has 0 aliphatic rings. The fourth-order valence-corrected chi connectivity index (χ4v) is 2.60. The molecule has 1 aromatic heterocycles. The minimum atomic E-state index is -0.326. The van der Waals surface area contributed by atoms with Gasteiger partial charge in [-0.2, -0.15) is 15.0 Å². The number of rotatable bonds is 8. The van der Waals surface area contributed by atoms with Crippen molar-refractivity contribution in [2.24, 2.45) is 0 Å². The maximum absolute atomic E-state index is 11.7. The molecule has 8 nitrogen and oxygen atoms in total. The number of nitrogens with one attached hydrogen (secondary N) is 2. The molecule has 2 rings (SSSR count). The van der Waals surface area contributed by atoms with Crippen LogP contribution in [-0.2, 0) is 9.53 Å².